The molecule has 4 heteroatoms. The summed E-state index contributed by atoms with van der Waals surface area (Å²) in [6.45, 7) is 5.00. The molecule has 0 aliphatic heterocycles. The second-order valence-electron chi connectivity index (χ2n) is 1.43. The first-order valence-corrected chi connectivity index (χ1v) is 2.12. The zero-order chi connectivity index (χ0) is 6.15. The molecule has 0 aliphatic rings. The summed E-state index contributed by atoms with van der Waals surface area (Å²) in [5, 5.41) is 0. The van der Waals surface area contributed by atoms with E-state index in [2.05, 4.69) is 15.8 Å². The molecule has 0 saturated heterocycles. The molecule has 0 fully saturated rings. The Balaban J connectivity index is 0.000000640. The molecule has 0 N–H and O–H groups in total. The third-order valence-electron chi connectivity index (χ3n) is 0.836. The summed E-state index contributed by atoms with van der Waals surface area (Å²) in [6.07, 6.45) is 0. The predicted molar refractivity (Wildman–Crippen MR) is 26.4 cm³/mol. The van der Waals surface area contributed by atoms with Gasteiger partial charge in [0.15, 0.2) is 0 Å². The van der Waals surface area contributed by atoms with Crippen molar-refractivity contribution in [3.8, 4) is 0 Å². The van der Waals surface area contributed by atoms with Crippen LogP contribution in [-0.4, -0.2) is 0 Å². The molecule has 0 spiro atoms. The van der Waals surface area contributed by atoms with Crippen LogP contribution in [-0.2, 0) is 0 Å². The van der Waals surface area contributed by atoms with Gasteiger partial charge >= 0.3 is 57.2 Å². The molecular formula is C5H5KO3. The predicted octanol–water partition coefficient (Wildman–Crippen LogP) is -2.27. The van der Waals surface area contributed by atoms with Crippen molar-refractivity contribution in [2.24, 2.45) is 0 Å². The van der Waals surface area contributed by atoms with Gasteiger partial charge in [-0.2, -0.15) is 6.92 Å². The van der Waals surface area contributed by atoms with Gasteiger partial charge in [0.05, 0.1) is 0 Å². The maximum absolute atomic E-state index is 10.1. The maximum atomic E-state index is 10.1. The minimum absolute atomic E-state index is 0. The molecule has 0 bridgehead atoms. The standard InChI is InChI=1S/C5H5O3.K/c1-3-4(2)8-5(6)7-3;/h1H2,2H3;/q-1;+1. The third-order valence-corrected chi connectivity index (χ3v) is 0.836. The number of hydrogen-bond acceptors (Lipinski definition) is 3. The van der Waals surface area contributed by atoms with Gasteiger partial charge in [0, 0.05) is 5.76 Å². The summed E-state index contributed by atoms with van der Waals surface area (Å²) >= 11 is 0. The van der Waals surface area contributed by atoms with Crippen LogP contribution in [0.5, 0.6) is 0 Å². The average molecular weight is 152 g/mol. The van der Waals surface area contributed by atoms with Gasteiger partial charge in [-0.3, -0.25) is 0 Å². The van der Waals surface area contributed by atoms with Crippen molar-refractivity contribution in [3.63, 3.8) is 0 Å². The topological polar surface area (TPSA) is 43.4 Å². The van der Waals surface area contributed by atoms with Crippen LogP contribution in [0.4, 0.5) is 0 Å². The summed E-state index contributed by atoms with van der Waals surface area (Å²) < 4.78 is 8.81. The molecule has 1 rings (SSSR count). The molecule has 0 amide bonds. The van der Waals surface area contributed by atoms with Crippen LogP contribution < -0.4 is 57.2 Å². The SMILES string of the molecule is [CH2-]c1oc(=O)oc1C.[K+]. The first-order valence-electron chi connectivity index (χ1n) is 2.12. The van der Waals surface area contributed by atoms with E-state index in [1.807, 2.05) is 0 Å². The Labute approximate surface area is 94.8 Å². The Bertz CT molecular complexity index is 212. The Morgan fingerprint density at radius 2 is 2.00 bits per heavy atom. The monoisotopic (exact) mass is 152 g/mol. The third kappa shape index (κ3) is 2.31. The van der Waals surface area contributed by atoms with Crippen molar-refractivity contribution in [1.82, 2.24) is 0 Å². The average Bonchev–Trinajstić information content (AvgIpc) is 1.85. The summed E-state index contributed by atoms with van der Waals surface area (Å²) in [4.78, 5) is 10.1. The van der Waals surface area contributed by atoms with Gasteiger partial charge in [-0.15, -0.1) is 0 Å². The molecule has 1 aromatic rings. The maximum Gasteiger partial charge on any atom is 1.00 e. The van der Waals surface area contributed by atoms with Crippen molar-refractivity contribution >= 4 is 0 Å². The molecule has 0 saturated carbocycles. The van der Waals surface area contributed by atoms with Gasteiger partial charge in [0.2, 0.25) is 0 Å². The normalized spacial score (nSPS) is 8.56. The van der Waals surface area contributed by atoms with Gasteiger partial charge in [0.25, 0.3) is 0 Å². The van der Waals surface area contributed by atoms with E-state index < -0.39 is 5.82 Å². The van der Waals surface area contributed by atoms with Crippen molar-refractivity contribution in [1.29, 1.82) is 0 Å². The van der Waals surface area contributed by atoms with Crippen LogP contribution in [0.1, 0.15) is 11.5 Å². The van der Waals surface area contributed by atoms with E-state index in [4.69, 9.17) is 0 Å². The Morgan fingerprint density at radius 3 is 2.11 bits per heavy atom. The summed E-state index contributed by atoms with van der Waals surface area (Å²) in [6, 6.07) is 0. The molecule has 44 valence electrons. The zero-order valence-electron chi connectivity index (χ0n) is 5.43. The fourth-order valence-electron chi connectivity index (χ4n) is 0.375. The van der Waals surface area contributed by atoms with Crippen molar-refractivity contribution in [3.05, 3.63) is 29.1 Å². The number of rotatable bonds is 0. The molecule has 0 radical (unpaired) electrons. The van der Waals surface area contributed by atoms with E-state index >= 15 is 0 Å². The van der Waals surface area contributed by atoms with Gasteiger partial charge in [-0.1, -0.05) is 6.92 Å². The molecule has 3 nitrogen and oxygen atoms in total. The zero-order valence-corrected chi connectivity index (χ0v) is 8.55. The van der Waals surface area contributed by atoms with Gasteiger partial charge < -0.3 is 8.83 Å². The molecule has 0 aliphatic carbocycles. The van der Waals surface area contributed by atoms with Crippen LogP contribution in [0.2, 0.25) is 0 Å². The molecule has 9 heavy (non-hydrogen) atoms. The van der Waals surface area contributed by atoms with Gasteiger partial charge in [-0.25, -0.2) is 4.79 Å². The Morgan fingerprint density at radius 1 is 1.44 bits per heavy atom. The largest absolute Gasteiger partial charge is 1.00 e. The molecule has 0 atom stereocenters. The molecule has 1 aromatic heterocycles. The Hall–Kier alpha value is 0.516. The second-order valence-corrected chi connectivity index (χ2v) is 1.43. The minimum atomic E-state index is -0.688. The Kier molecular flexibility index (Phi) is 3.84. The van der Waals surface area contributed by atoms with Crippen molar-refractivity contribution in [2.45, 2.75) is 6.92 Å². The van der Waals surface area contributed by atoms with Crippen LogP contribution in [0.15, 0.2) is 13.6 Å². The first-order chi connectivity index (χ1) is 3.70. The fourth-order valence-corrected chi connectivity index (χ4v) is 0.375. The molecule has 0 unspecified atom stereocenters. The van der Waals surface area contributed by atoms with E-state index in [0.29, 0.717) is 11.5 Å². The van der Waals surface area contributed by atoms with Crippen molar-refractivity contribution in [2.75, 3.05) is 0 Å². The molecule has 1 heterocycles. The number of hydrogen-bond donors (Lipinski definition) is 0. The van der Waals surface area contributed by atoms with Gasteiger partial charge in [0.1, 0.15) is 0 Å². The fraction of sp³-hybridized carbons (Fsp3) is 0.200. The van der Waals surface area contributed by atoms with Crippen LogP contribution in [0.25, 0.3) is 0 Å². The number of aryl methyl sites for hydroxylation is 1. The summed E-state index contributed by atoms with van der Waals surface area (Å²) in [5.74, 6) is 0.0532. The summed E-state index contributed by atoms with van der Waals surface area (Å²) in [5.41, 5.74) is 0. The second kappa shape index (κ2) is 3.63. The van der Waals surface area contributed by atoms with Gasteiger partial charge in [-0.05, 0) is 5.76 Å². The van der Waals surface area contributed by atoms with E-state index in [9.17, 15) is 4.79 Å². The van der Waals surface area contributed by atoms with E-state index in [0.717, 1.165) is 0 Å². The quantitative estimate of drug-likeness (QED) is 0.311. The van der Waals surface area contributed by atoms with Crippen LogP contribution in [0.3, 0.4) is 0 Å². The van der Waals surface area contributed by atoms with Crippen molar-refractivity contribution < 1.29 is 60.2 Å². The van der Waals surface area contributed by atoms with E-state index in [1.54, 1.807) is 6.92 Å². The molecule has 0 aromatic carbocycles. The van der Waals surface area contributed by atoms with Crippen LogP contribution >= 0.6 is 0 Å². The van der Waals surface area contributed by atoms with Crippen LogP contribution in [0, 0.1) is 13.8 Å². The summed E-state index contributed by atoms with van der Waals surface area (Å²) in [7, 11) is 0. The first kappa shape index (κ1) is 9.52. The minimum Gasteiger partial charge on any atom is -0.490 e. The van der Waals surface area contributed by atoms with E-state index in [-0.39, 0.29) is 51.4 Å². The van der Waals surface area contributed by atoms with E-state index in [1.165, 1.54) is 0 Å². The smallest absolute Gasteiger partial charge is 0.490 e. The molecular weight excluding hydrogens is 147 g/mol.